The molecule has 0 aliphatic carbocycles. The second kappa shape index (κ2) is 7.28. The van der Waals surface area contributed by atoms with Crippen LogP contribution in [0.3, 0.4) is 0 Å². The molecule has 2 aliphatic heterocycles. The predicted octanol–water partition coefficient (Wildman–Crippen LogP) is 3.49. The Hall–Kier alpha value is -1.98. The van der Waals surface area contributed by atoms with Crippen molar-refractivity contribution >= 4 is 34.8 Å². The van der Waals surface area contributed by atoms with Gasteiger partial charge in [0.05, 0.1) is 29.6 Å². The predicted molar refractivity (Wildman–Crippen MR) is 94.5 cm³/mol. The van der Waals surface area contributed by atoms with E-state index in [-0.39, 0.29) is 18.5 Å². The largest absolute Gasteiger partial charge is 0.442 e. The highest BCUT2D eigenvalue weighted by molar-refractivity contribution is 7.78. The van der Waals surface area contributed by atoms with Gasteiger partial charge in [-0.15, -0.1) is 0 Å². The van der Waals surface area contributed by atoms with Crippen LogP contribution in [0.25, 0.3) is 0 Å². The number of thiocarbonyl (C=S) groups is 1. The Morgan fingerprint density at radius 1 is 1.42 bits per heavy atom. The molecule has 0 N–H and O–H groups in total. The fourth-order valence-corrected chi connectivity index (χ4v) is 3.21. The Bertz CT molecular complexity index is 670. The highest BCUT2D eigenvalue weighted by Crippen LogP contribution is 2.30. The van der Waals surface area contributed by atoms with E-state index in [1.54, 1.807) is 12.1 Å². The molecule has 7 heteroatoms. The average Bonchev–Trinajstić information content (AvgIpc) is 2.95. The summed E-state index contributed by atoms with van der Waals surface area (Å²) >= 11 is 4.51. The van der Waals surface area contributed by atoms with E-state index in [0.717, 1.165) is 25.9 Å². The number of amides is 1. The van der Waals surface area contributed by atoms with E-state index in [1.165, 1.54) is 11.0 Å². The van der Waals surface area contributed by atoms with Crippen molar-refractivity contribution in [3.8, 4) is 0 Å². The minimum atomic E-state index is -0.487. The summed E-state index contributed by atoms with van der Waals surface area (Å²) in [7, 11) is 0. The van der Waals surface area contributed by atoms with Gasteiger partial charge in [0.25, 0.3) is 0 Å². The van der Waals surface area contributed by atoms with E-state index >= 15 is 0 Å². The van der Waals surface area contributed by atoms with Crippen molar-refractivity contribution in [2.24, 2.45) is 10.9 Å². The van der Waals surface area contributed by atoms with Crippen molar-refractivity contribution in [3.63, 3.8) is 0 Å². The second-order valence-electron chi connectivity index (χ2n) is 6.35. The molecule has 0 aromatic heterocycles. The van der Waals surface area contributed by atoms with Crippen molar-refractivity contribution in [1.29, 1.82) is 0 Å². The minimum Gasteiger partial charge on any atom is -0.442 e. The zero-order chi connectivity index (χ0) is 17.1. The average molecular weight is 349 g/mol. The van der Waals surface area contributed by atoms with Gasteiger partial charge in [0, 0.05) is 13.1 Å². The molecule has 2 aliphatic rings. The molecule has 2 heterocycles. The van der Waals surface area contributed by atoms with Crippen LogP contribution in [0, 0.1) is 11.7 Å². The molecule has 0 bridgehead atoms. The van der Waals surface area contributed by atoms with Crippen LogP contribution >= 0.6 is 12.2 Å². The number of hydrogen-bond acceptors (Lipinski definition) is 5. The van der Waals surface area contributed by atoms with Crippen molar-refractivity contribution in [1.82, 2.24) is 0 Å². The molecule has 1 aromatic carbocycles. The molecule has 24 heavy (non-hydrogen) atoms. The van der Waals surface area contributed by atoms with Crippen molar-refractivity contribution in [2.75, 3.05) is 36.0 Å². The lowest BCUT2D eigenvalue weighted by molar-refractivity contribution is 0.145. The molecular weight excluding hydrogens is 329 g/mol. The van der Waals surface area contributed by atoms with Gasteiger partial charge in [0.2, 0.25) is 0 Å². The standard InChI is InChI=1S/C17H20FN3O2S/c1-12-4-6-20(7-5-12)16-3-2-13(8-15(16)18)21-10-14(9-19-11-24)23-17(21)22/h2-3,8,12,14H,4-7,9-10H2,1H3/t14-/m0/s1. The summed E-state index contributed by atoms with van der Waals surface area (Å²) in [5, 5.41) is 2.25. The van der Waals surface area contributed by atoms with Gasteiger partial charge in [-0.1, -0.05) is 6.92 Å². The van der Waals surface area contributed by atoms with Gasteiger partial charge < -0.3 is 9.64 Å². The third kappa shape index (κ3) is 3.57. The van der Waals surface area contributed by atoms with Gasteiger partial charge in [-0.3, -0.25) is 4.90 Å². The van der Waals surface area contributed by atoms with Gasteiger partial charge in [0.15, 0.2) is 0 Å². The van der Waals surface area contributed by atoms with Crippen molar-refractivity contribution in [2.45, 2.75) is 25.9 Å². The molecule has 2 saturated heterocycles. The zero-order valence-corrected chi connectivity index (χ0v) is 14.4. The Balaban J connectivity index is 1.72. The van der Waals surface area contributed by atoms with Gasteiger partial charge in [-0.05, 0) is 49.2 Å². The fourth-order valence-electron chi connectivity index (χ4n) is 3.14. The smallest absolute Gasteiger partial charge is 0.414 e. The summed E-state index contributed by atoms with van der Waals surface area (Å²) in [6, 6.07) is 4.92. The van der Waals surface area contributed by atoms with E-state index in [2.05, 4.69) is 34.2 Å². The van der Waals surface area contributed by atoms with E-state index < -0.39 is 6.09 Å². The van der Waals surface area contributed by atoms with Crippen LogP contribution in [0.4, 0.5) is 20.6 Å². The van der Waals surface area contributed by atoms with E-state index in [4.69, 9.17) is 4.74 Å². The van der Waals surface area contributed by atoms with Gasteiger partial charge >= 0.3 is 6.09 Å². The molecule has 1 atom stereocenters. The van der Waals surface area contributed by atoms with Crippen LogP contribution < -0.4 is 9.80 Å². The lowest BCUT2D eigenvalue weighted by Gasteiger charge is -2.32. The molecule has 1 aromatic rings. The summed E-state index contributed by atoms with van der Waals surface area (Å²) in [4.78, 5) is 19.3. The van der Waals surface area contributed by atoms with Crippen molar-refractivity contribution in [3.05, 3.63) is 24.0 Å². The molecule has 0 spiro atoms. The van der Waals surface area contributed by atoms with Crippen LogP contribution in [-0.2, 0) is 4.74 Å². The number of carbonyl (C=O) groups is 1. The van der Waals surface area contributed by atoms with Crippen LogP contribution in [0.5, 0.6) is 0 Å². The lowest BCUT2D eigenvalue weighted by atomic mass is 9.99. The number of hydrogen-bond donors (Lipinski definition) is 0. The number of isothiocyanates is 1. The molecule has 5 nitrogen and oxygen atoms in total. The SMILES string of the molecule is CC1CCN(c2ccc(N3C[C@H](CN=C=S)OC3=O)cc2F)CC1. The molecule has 3 rings (SSSR count). The molecule has 1 amide bonds. The molecule has 128 valence electrons. The second-order valence-corrected chi connectivity index (χ2v) is 6.54. The number of anilines is 2. The summed E-state index contributed by atoms with van der Waals surface area (Å²) < 4.78 is 19.8. The van der Waals surface area contributed by atoms with Gasteiger partial charge in [-0.2, -0.15) is 0 Å². The summed E-state index contributed by atoms with van der Waals surface area (Å²) in [6.45, 7) is 4.55. The summed E-state index contributed by atoms with van der Waals surface area (Å²) in [5.41, 5.74) is 1.10. The molecule has 0 unspecified atom stereocenters. The topological polar surface area (TPSA) is 45.1 Å². The minimum absolute atomic E-state index is 0.276. The van der Waals surface area contributed by atoms with Crippen molar-refractivity contribution < 1.29 is 13.9 Å². The van der Waals surface area contributed by atoms with E-state index in [9.17, 15) is 9.18 Å². The molecule has 0 saturated carbocycles. The summed E-state index contributed by atoms with van der Waals surface area (Å²) in [5.74, 6) is 0.380. The number of halogens is 1. The maximum absolute atomic E-state index is 14.5. The number of piperidine rings is 1. The van der Waals surface area contributed by atoms with Crippen LogP contribution in [0.15, 0.2) is 23.2 Å². The first-order valence-electron chi connectivity index (χ1n) is 8.14. The monoisotopic (exact) mass is 349 g/mol. The highest BCUT2D eigenvalue weighted by Gasteiger charge is 2.32. The molecule has 0 radical (unpaired) electrons. The molecule has 2 fully saturated rings. The molecular formula is C17H20FN3O2S. The Kier molecular flexibility index (Phi) is 5.11. The number of aliphatic imine (C=N–C) groups is 1. The summed E-state index contributed by atoms with van der Waals surface area (Å²) in [6.07, 6.45) is 1.28. The zero-order valence-electron chi connectivity index (χ0n) is 13.6. The first kappa shape index (κ1) is 16.9. The number of cyclic esters (lactones) is 1. The maximum atomic E-state index is 14.5. The first-order chi connectivity index (χ1) is 11.6. The van der Waals surface area contributed by atoms with Gasteiger partial charge in [0.1, 0.15) is 11.9 Å². The van der Waals surface area contributed by atoms with Crippen LogP contribution in [0.1, 0.15) is 19.8 Å². The number of ether oxygens (including phenoxy) is 1. The van der Waals surface area contributed by atoms with E-state index in [1.807, 2.05) is 0 Å². The Morgan fingerprint density at radius 2 is 2.17 bits per heavy atom. The quantitative estimate of drug-likeness (QED) is 0.617. The first-order valence-corrected chi connectivity index (χ1v) is 8.55. The third-order valence-electron chi connectivity index (χ3n) is 4.60. The van der Waals surface area contributed by atoms with Gasteiger partial charge in [-0.25, -0.2) is 14.2 Å². The highest BCUT2D eigenvalue weighted by atomic mass is 32.1. The number of benzene rings is 1. The third-order valence-corrected chi connectivity index (χ3v) is 4.73. The number of nitrogens with zero attached hydrogens (tertiary/aromatic N) is 3. The Labute approximate surface area is 146 Å². The number of rotatable bonds is 4. The Morgan fingerprint density at radius 3 is 2.83 bits per heavy atom. The fraction of sp³-hybridized carbons (Fsp3) is 0.529. The van der Waals surface area contributed by atoms with Crippen LogP contribution in [-0.4, -0.2) is 43.5 Å². The van der Waals surface area contributed by atoms with E-state index in [0.29, 0.717) is 23.8 Å². The van der Waals surface area contributed by atoms with Crippen LogP contribution in [0.2, 0.25) is 0 Å². The number of carbonyl (C=O) groups excluding carboxylic acids is 1. The lowest BCUT2D eigenvalue weighted by Crippen LogP contribution is -2.33. The maximum Gasteiger partial charge on any atom is 0.414 e. The normalized spacial score (nSPS) is 21.6.